The number of hydrogen-bond acceptors (Lipinski definition) is 7. The van der Waals surface area contributed by atoms with Gasteiger partial charge in [0.2, 0.25) is 0 Å². The van der Waals surface area contributed by atoms with Gasteiger partial charge >= 0.3 is 5.97 Å². The van der Waals surface area contributed by atoms with Crippen LogP contribution in [-0.2, 0) is 11.8 Å². The van der Waals surface area contributed by atoms with Gasteiger partial charge in [-0.1, -0.05) is 0 Å². The fourth-order valence-electron chi connectivity index (χ4n) is 2.02. The smallest absolute Gasteiger partial charge is 0.357 e. The minimum absolute atomic E-state index is 0.0649. The number of hydrogen-bond donors (Lipinski definition) is 1. The Labute approximate surface area is 147 Å². The Morgan fingerprint density at radius 2 is 2.12 bits per heavy atom. The molecule has 0 saturated heterocycles. The molecule has 1 N–H and O–H groups in total. The van der Waals surface area contributed by atoms with Crippen molar-refractivity contribution < 1.29 is 14.3 Å². The van der Waals surface area contributed by atoms with Crippen LogP contribution in [-0.4, -0.2) is 44.8 Å². The van der Waals surface area contributed by atoms with E-state index in [1.807, 2.05) is 13.2 Å². The molecule has 0 bridgehead atoms. The minimum Gasteiger partial charge on any atom is -0.459 e. The lowest BCUT2D eigenvalue weighted by atomic mass is 10.2. The molecule has 0 unspecified atom stereocenters. The number of carbonyl (C=O) groups excluding carboxylic acids is 2. The predicted molar refractivity (Wildman–Crippen MR) is 91.2 cm³/mol. The molecular weight excluding hydrogens is 342 g/mol. The lowest BCUT2D eigenvalue weighted by molar-refractivity contribution is 0.0497. The molecule has 3 aromatic heterocycles. The molecule has 0 fully saturated rings. The van der Waals surface area contributed by atoms with Crippen LogP contribution in [0.15, 0.2) is 42.3 Å². The topological polar surface area (TPSA) is 99.0 Å². The predicted octanol–water partition coefficient (Wildman–Crippen LogP) is 1.53. The van der Waals surface area contributed by atoms with Crippen molar-refractivity contribution in [1.82, 2.24) is 25.1 Å². The summed E-state index contributed by atoms with van der Waals surface area (Å²) in [6, 6.07) is 3.22. The van der Waals surface area contributed by atoms with Gasteiger partial charge in [-0.05, 0) is 12.1 Å². The molecule has 0 radical (unpaired) electrons. The van der Waals surface area contributed by atoms with Crippen molar-refractivity contribution in [2.45, 2.75) is 0 Å². The van der Waals surface area contributed by atoms with Crippen LogP contribution in [0.2, 0.25) is 0 Å². The third-order valence-electron chi connectivity index (χ3n) is 3.23. The first-order valence-corrected chi connectivity index (χ1v) is 8.31. The number of rotatable bonds is 6. The molecule has 0 spiro atoms. The summed E-state index contributed by atoms with van der Waals surface area (Å²) in [6.45, 7) is 0.280. The number of amides is 1. The lowest BCUT2D eigenvalue weighted by Gasteiger charge is -2.05. The Hall–Kier alpha value is -3.07. The van der Waals surface area contributed by atoms with E-state index in [9.17, 15) is 9.59 Å². The van der Waals surface area contributed by atoms with Crippen molar-refractivity contribution in [3.63, 3.8) is 0 Å². The number of aryl methyl sites for hydroxylation is 1. The number of thiazole rings is 1. The van der Waals surface area contributed by atoms with Crippen LogP contribution >= 0.6 is 11.3 Å². The second kappa shape index (κ2) is 7.67. The maximum atomic E-state index is 12.0. The molecule has 3 rings (SSSR count). The molecule has 9 heteroatoms. The second-order valence-corrected chi connectivity index (χ2v) is 5.93. The maximum Gasteiger partial charge on any atom is 0.357 e. The molecule has 0 aliphatic carbocycles. The first-order chi connectivity index (χ1) is 12.1. The molecule has 3 aromatic rings. The summed E-state index contributed by atoms with van der Waals surface area (Å²) in [5, 5.41) is 9.08. The highest BCUT2D eigenvalue weighted by atomic mass is 32.1. The van der Waals surface area contributed by atoms with Crippen molar-refractivity contribution >= 4 is 23.2 Å². The van der Waals surface area contributed by atoms with E-state index in [0.717, 1.165) is 5.56 Å². The Kier molecular flexibility index (Phi) is 5.14. The van der Waals surface area contributed by atoms with Crippen LogP contribution in [0.1, 0.15) is 20.8 Å². The SMILES string of the molecule is Cn1cc(-c2nc(C(=O)OCCNC(=O)c3ccncc3)cs2)cn1. The Morgan fingerprint density at radius 3 is 2.84 bits per heavy atom. The molecule has 3 heterocycles. The summed E-state index contributed by atoms with van der Waals surface area (Å²) in [6.07, 6.45) is 6.58. The molecule has 25 heavy (non-hydrogen) atoms. The van der Waals surface area contributed by atoms with Gasteiger partial charge in [0.05, 0.1) is 12.7 Å². The van der Waals surface area contributed by atoms with Gasteiger partial charge in [0, 0.05) is 42.1 Å². The van der Waals surface area contributed by atoms with Crippen LogP contribution < -0.4 is 5.32 Å². The zero-order chi connectivity index (χ0) is 17.6. The number of ether oxygens (including phenoxy) is 1. The van der Waals surface area contributed by atoms with Crippen LogP contribution in [0, 0.1) is 0 Å². The van der Waals surface area contributed by atoms with Gasteiger partial charge in [-0.15, -0.1) is 11.3 Å². The van der Waals surface area contributed by atoms with Crippen LogP contribution in [0.4, 0.5) is 0 Å². The molecule has 0 saturated carbocycles. The normalized spacial score (nSPS) is 10.4. The standard InChI is InChI=1S/C16H15N5O3S/c1-21-9-12(8-19-21)15-20-13(10-25-15)16(23)24-7-6-18-14(22)11-2-4-17-5-3-11/h2-5,8-10H,6-7H2,1H3,(H,18,22). The molecule has 0 aliphatic rings. The third kappa shape index (κ3) is 4.27. The first kappa shape index (κ1) is 16.8. The van der Waals surface area contributed by atoms with Gasteiger partial charge in [-0.25, -0.2) is 9.78 Å². The average molecular weight is 357 g/mol. The maximum absolute atomic E-state index is 12.0. The summed E-state index contributed by atoms with van der Waals surface area (Å²) < 4.78 is 6.79. The molecule has 1 amide bonds. The number of carbonyl (C=O) groups is 2. The highest BCUT2D eigenvalue weighted by Crippen LogP contribution is 2.23. The van der Waals surface area contributed by atoms with Crippen molar-refractivity contribution in [3.8, 4) is 10.6 Å². The van der Waals surface area contributed by atoms with Crippen molar-refractivity contribution in [1.29, 1.82) is 0 Å². The van der Waals surface area contributed by atoms with Crippen LogP contribution in [0.3, 0.4) is 0 Å². The van der Waals surface area contributed by atoms with Gasteiger partial charge < -0.3 is 10.1 Å². The zero-order valence-electron chi connectivity index (χ0n) is 13.4. The summed E-state index contributed by atoms with van der Waals surface area (Å²) >= 11 is 1.34. The summed E-state index contributed by atoms with van der Waals surface area (Å²) in [5.74, 6) is -0.768. The molecule has 0 aliphatic heterocycles. The Balaban J connectivity index is 1.47. The lowest BCUT2D eigenvalue weighted by Crippen LogP contribution is -2.28. The van der Waals surface area contributed by atoms with Gasteiger partial charge in [-0.2, -0.15) is 5.10 Å². The molecule has 0 atom stereocenters. The third-order valence-corrected chi connectivity index (χ3v) is 4.12. The molecule has 8 nitrogen and oxygen atoms in total. The van der Waals surface area contributed by atoms with E-state index >= 15 is 0 Å². The van der Waals surface area contributed by atoms with E-state index in [2.05, 4.69) is 20.4 Å². The molecule has 0 aromatic carbocycles. The number of pyridine rings is 1. The highest BCUT2D eigenvalue weighted by Gasteiger charge is 2.14. The number of esters is 1. The van der Waals surface area contributed by atoms with Gasteiger partial charge in [0.25, 0.3) is 5.91 Å². The fourth-order valence-corrected chi connectivity index (χ4v) is 2.78. The molecular formula is C16H15N5O3S. The average Bonchev–Trinajstić information content (AvgIpc) is 3.28. The second-order valence-electron chi connectivity index (χ2n) is 5.07. The van der Waals surface area contributed by atoms with Gasteiger partial charge in [-0.3, -0.25) is 14.5 Å². The van der Waals surface area contributed by atoms with Crippen molar-refractivity contribution in [3.05, 3.63) is 53.6 Å². The van der Waals surface area contributed by atoms with Crippen molar-refractivity contribution in [2.75, 3.05) is 13.2 Å². The van der Waals surface area contributed by atoms with E-state index in [1.165, 1.54) is 23.7 Å². The fraction of sp³-hybridized carbons (Fsp3) is 0.188. The van der Waals surface area contributed by atoms with E-state index in [4.69, 9.17) is 4.74 Å². The molecule has 128 valence electrons. The van der Waals surface area contributed by atoms with Crippen LogP contribution in [0.25, 0.3) is 10.6 Å². The zero-order valence-corrected chi connectivity index (χ0v) is 14.2. The monoisotopic (exact) mass is 357 g/mol. The van der Waals surface area contributed by atoms with E-state index in [-0.39, 0.29) is 24.8 Å². The van der Waals surface area contributed by atoms with Crippen molar-refractivity contribution in [2.24, 2.45) is 7.05 Å². The quantitative estimate of drug-likeness (QED) is 0.530. The number of nitrogens with one attached hydrogen (secondary N) is 1. The summed E-state index contributed by atoms with van der Waals surface area (Å²) in [4.78, 5) is 31.9. The largest absolute Gasteiger partial charge is 0.459 e. The van der Waals surface area contributed by atoms with Crippen LogP contribution in [0.5, 0.6) is 0 Å². The first-order valence-electron chi connectivity index (χ1n) is 7.43. The highest BCUT2D eigenvalue weighted by molar-refractivity contribution is 7.13. The summed E-state index contributed by atoms with van der Waals surface area (Å²) in [7, 11) is 1.81. The van der Waals surface area contributed by atoms with Gasteiger partial charge in [0.15, 0.2) is 5.69 Å². The van der Waals surface area contributed by atoms with E-state index in [1.54, 1.807) is 28.4 Å². The number of aromatic nitrogens is 4. The van der Waals surface area contributed by atoms with Gasteiger partial charge in [0.1, 0.15) is 11.6 Å². The number of nitrogens with zero attached hydrogens (tertiary/aromatic N) is 4. The van der Waals surface area contributed by atoms with E-state index in [0.29, 0.717) is 10.6 Å². The summed E-state index contributed by atoms with van der Waals surface area (Å²) in [5.41, 5.74) is 1.59. The Morgan fingerprint density at radius 1 is 1.32 bits per heavy atom. The van der Waals surface area contributed by atoms with E-state index < -0.39 is 5.97 Å². The Bertz CT molecular complexity index is 875. The minimum atomic E-state index is -0.524.